The molecule has 0 aliphatic carbocycles. The molecule has 92 valence electrons. The molecule has 2 heterocycles. The van der Waals surface area contributed by atoms with Crippen LogP contribution in [0.5, 0.6) is 0 Å². The maximum Gasteiger partial charge on any atom is 0.118 e. The fourth-order valence-corrected chi connectivity index (χ4v) is 2.29. The largest absolute Gasteiger partial charge is 0.465 e. The zero-order valence-corrected chi connectivity index (χ0v) is 11.0. The molecule has 2 rings (SSSR count). The number of hydrogen-bond donors (Lipinski definition) is 1. The van der Waals surface area contributed by atoms with Crippen molar-refractivity contribution in [2.45, 2.75) is 26.7 Å². The Morgan fingerprint density at radius 2 is 2.29 bits per heavy atom. The van der Waals surface area contributed by atoms with Gasteiger partial charge in [0.1, 0.15) is 11.5 Å². The summed E-state index contributed by atoms with van der Waals surface area (Å²) in [6.45, 7) is 4.01. The van der Waals surface area contributed by atoms with Crippen LogP contribution in [0.3, 0.4) is 0 Å². The quantitative estimate of drug-likeness (QED) is 0.856. The zero-order chi connectivity index (χ0) is 12.1. The van der Waals surface area contributed by atoms with Gasteiger partial charge in [0.15, 0.2) is 0 Å². The van der Waals surface area contributed by atoms with E-state index in [1.54, 1.807) is 11.3 Å². The van der Waals surface area contributed by atoms with E-state index in [4.69, 9.17) is 9.15 Å². The second-order valence-corrected chi connectivity index (χ2v) is 4.93. The molecular formula is C13H17NO2S. The number of aryl methyl sites for hydroxylation is 1. The fourth-order valence-electron chi connectivity index (χ4n) is 1.65. The summed E-state index contributed by atoms with van der Waals surface area (Å²) in [6, 6.07) is 6.18. The van der Waals surface area contributed by atoms with Crippen molar-refractivity contribution in [3.63, 3.8) is 0 Å². The standard InChI is InChI=1S/C13H17NO2S/c1-10-11(6-12(16-10)7-14-2)8-15-9-13-4-3-5-17-13/h3-6,14H,7-9H2,1-2H3. The highest BCUT2D eigenvalue weighted by molar-refractivity contribution is 7.09. The molecule has 0 amide bonds. The molecule has 2 aromatic rings. The third kappa shape index (κ3) is 3.43. The molecule has 0 aliphatic rings. The summed E-state index contributed by atoms with van der Waals surface area (Å²) >= 11 is 1.72. The number of hydrogen-bond acceptors (Lipinski definition) is 4. The zero-order valence-electron chi connectivity index (χ0n) is 10.2. The molecule has 1 N–H and O–H groups in total. The highest BCUT2D eigenvalue weighted by Gasteiger charge is 2.07. The second kappa shape index (κ2) is 6.00. The monoisotopic (exact) mass is 251 g/mol. The van der Waals surface area contributed by atoms with Crippen LogP contribution in [0.2, 0.25) is 0 Å². The predicted molar refractivity (Wildman–Crippen MR) is 69.0 cm³/mol. The molecule has 0 saturated heterocycles. The molecule has 0 bridgehead atoms. The smallest absolute Gasteiger partial charge is 0.118 e. The topological polar surface area (TPSA) is 34.4 Å². The van der Waals surface area contributed by atoms with Crippen LogP contribution in [0.1, 0.15) is 22.0 Å². The maximum absolute atomic E-state index is 5.67. The van der Waals surface area contributed by atoms with Crippen LogP contribution in [0.4, 0.5) is 0 Å². The van der Waals surface area contributed by atoms with Gasteiger partial charge in [-0.3, -0.25) is 0 Å². The molecule has 0 spiro atoms. The predicted octanol–water partition coefficient (Wildman–Crippen LogP) is 3.09. The van der Waals surface area contributed by atoms with Gasteiger partial charge in [-0.2, -0.15) is 0 Å². The third-order valence-electron chi connectivity index (χ3n) is 2.50. The summed E-state index contributed by atoms with van der Waals surface area (Å²) in [4.78, 5) is 1.25. The van der Waals surface area contributed by atoms with Crippen LogP contribution in [-0.2, 0) is 24.5 Å². The molecule has 3 nitrogen and oxygen atoms in total. The van der Waals surface area contributed by atoms with Gasteiger partial charge in [0.25, 0.3) is 0 Å². The number of furan rings is 1. The van der Waals surface area contributed by atoms with Crippen molar-refractivity contribution < 1.29 is 9.15 Å². The first kappa shape index (κ1) is 12.4. The van der Waals surface area contributed by atoms with Crippen molar-refractivity contribution in [3.05, 3.63) is 45.5 Å². The third-order valence-corrected chi connectivity index (χ3v) is 3.35. The van der Waals surface area contributed by atoms with E-state index in [1.807, 2.05) is 20.0 Å². The van der Waals surface area contributed by atoms with Crippen molar-refractivity contribution in [3.8, 4) is 0 Å². The Kier molecular flexibility index (Phi) is 4.36. The minimum Gasteiger partial charge on any atom is -0.465 e. The fraction of sp³-hybridized carbons (Fsp3) is 0.385. The Morgan fingerprint density at radius 3 is 3.00 bits per heavy atom. The van der Waals surface area contributed by atoms with Crippen molar-refractivity contribution in [2.75, 3.05) is 7.05 Å². The molecule has 0 radical (unpaired) electrons. The van der Waals surface area contributed by atoms with Gasteiger partial charge in [-0.1, -0.05) is 6.07 Å². The van der Waals surface area contributed by atoms with Crippen molar-refractivity contribution in [1.82, 2.24) is 5.32 Å². The number of thiophene rings is 1. The normalized spacial score (nSPS) is 10.9. The molecule has 4 heteroatoms. The first-order chi connectivity index (χ1) is 8.29. The van der Waals surface area contributed by atoms with Crippen LogP contribution in [0.15, 0.2) is 28.0 Å². The number of rotatable bonds is 6. The van der Waals surface area contributed by atoms with E-state index in [0.29, 0.717) is 13.2 Å². The van der Waals surface area contributed by atoms with Gasteiger partial charge >= 0.3 is 0 Å². The molecule has 2 aromatic heterocycles. The summed E-state index contributed by atoms with van der Waals surface area (Å²) in [7, 11) is 1.91. The van der Waals surface area contributed by atoms with Crippen LogP contribution in [0.25, 0.3) is 0 Å². The van der Waals surface area contributed by atoms with Crippen LogP contribution < -0.4 is 5.32 Å². The van der Waals surface area contributed by atoms with Gasteiger partial charge in [-0.05, 0) is 31.5 Å². The van der Waals surface area contributed by atoms with Crippen LogP contribution in [0, 0.1) is 6.92 Å². The van der Waals surface area contributed by atoms with Crippen molar-refractivity contribution in [2.24, 2.45) is 0 Å². The molecule has 0 atom stereocenters. The first-order valence-corrected chi connectivity index (χ1v) is 6.50. The molecule has 17 heavy (non-hydrogen) atoms. The number of nitrogens with one attached hydrogen (secondary N) is 1. The van der Waals surface area contributed by atoms with E-state index in [0.717, 1.165) is 23.6 Å². The molecule has 0 fully saturated rings. The Morgan fingerprint density at radius 1 is 1.41 bits per heavy atom. The molecular weight excluding hydrogens is 234 g/mol. The average Bonchev–Trinajstić information content (AvgIpc) is 2.90. The molecule has 0 aromatic carbocycles. The number of ether oxygens (including phenoxy) is 1. The van der Waals surface area contributed by atoms with E-state index in [2.05, 4.69) is 22.8 Å². The lowest BCUT2D eigenvalue weighted by Crippen LogP contribution is -2.03. The average molecular weight is 251 g/mol. The van der Waals surface area contributed by atoms with Crippen molar-refractivity contribution in [1.29, 1.82) is 0 Å². The highest BCUT2D eigenvalue weighted by atomic mass is 32.1. The Balaban J connectivity index is 1.86. The van der Waals surface area contributed by atoms with E-state index >= 15 is 0 Å². The van der Waals surface area contributed by atoms with Crippen LogP contribution >= 0.6 is 11.3 Å². The summed E-state index contributed by atoms with van der Waals surface area (Å²) in [6.07, 6.45) is 0. The summed E-state index contributed by atoms with van der Waals surface area (Å²) in [5, 5.41) is 5.13. The summed E-state index contributed by atoms with van der Waals surface area (Å²) in [5.41, 5.74) is 1.13. The SMILES string of the molecule is CNCc1cc(COCc2cccs2)c(C)o1. The summed E-state index contributed by atoms with van der Waals surface area (Å²) in [5.74, 6) is 1.90. The Bertz CT molecular complexity index is 448. The van der Waals surface area contributed by atoms with Gasteiger partial charge in [0, 0.05) is 10.4 Å². The molecule has 0 saturated carbocycles. The van der Waals surface area contributed by atoms with Gasteiger partial charge in [-0.15, -0.1) is 11.3 Å². The van der Waals surface area contributed by atoms with Gasteiger partial charge < -0.3 is 14.5 Å². The molecule has 0 unspecified atom stereocenters. The minimum absolute atomic E-state index is 0.608. The summed E-state index contributed by atoms with van der Waals surface area (Å²) < 4.78 is 11.3. The molecule has 0 aliphatic heterocycles. The lowest BCUT2D eigenvalue weighted by atomic mass is 10.2. The van der Waals surface area contributed by atoms with E-state index in [9.17, 15) is 0 Å². The highest BCUT2D eigenvalue weighted by Crippen LogP contribution is 2.17. The van der Waals surface area contributed by atoms with Gasteiger partial charge in [0.2, 0.25) is 0 Å². The lowest BCUT2D eigenvalue weighted by Gasteiger charge is -2.00. The van der Waals surface area contributed by atoms with Gasteiger partial charge in [0.05, 0.1) is 19.8 Å². The van der Waals surface area contributed by atoms with E-state index < -0.39 is 0 Å². The maximum atomic E-state index is 5.67. The first-order valence-electron chi connectivity index (χ1n) is 5.62. The minimum atomic E-state index is 0.608. The lowest BCUT2D eigenvalue weighted by molar-refractivity contribution is 0.108. The Hall–Kier alpha value is -1.10. The Labute approximate surface area is 105 Å². The van der Waals surface area contributed by atoms with Gasteiger partial charge in [-0.25, -0.2) is 0 Å². The van der Waals surface area contributed by atoms with E-state index in [-0.39, 0.29) is 0 Å². The van der Waals surface area contributed by atoms with Crippen molar-refractivity contribution >= 4 is 11.3 Å². The van der Waals surface area contributed by atoms with Crippen LogP contribution in [-0.4, -0.2) is 7.05 Å². The second-order valence-electron chi connectivity index (χ2n) is 3.90. The van der Waals surface area contributed by atoms with E-state index in [1.165, 1.54) is 4.88 Å².